The van der Waals surface area contributed by atoms with Gasteiger partial charge in [-0.05, 0) is 18.6 Å². The van der Waals surface area contributed by atoms with Crippen molar-refractivity contribution in [1.82, 2.24) is 5.32 Å². The highest BCUT2D eigenvalue weighted by atomic mass is 16.4. The lowest BCUT2D eigenvalue weighted by molar-refractivity contribution is -0.140. The molecule has 0 heterocycles. The predicted octanol–water partition coefficient (Wildman–Crippen LogP) is 0.469. The number of nitrogens with one attached hydrogen (secondary N) is 1. The predicted molar refractivity (Wildman–Crippen MR) is 73.3 cm³/mol. The SMILES string of the molecule is Cc1ccccc1N(C)C(=O)NC(CC(N)=O)C(=O)O. The van der Waals surface area contributed by atoms with Gasteiger partial charge in [-0.2, -0.15) is 0 Å². The van der Waals surface area contributed by atoms with E-state index in [-0.39, 0.29) is 0 Å². The molecule has 4 N–H and O–H groups in total. The Labute approximate surface area is 116 Å². The Morgan fingerprint density at radius 1 is 1.35 bits per heavy atom. The van der Waals surface area contributed by atoms with E-state index in [4.69, 9.17) is 10.8 Å². The van der Waals surface area contributed by atoms with Crippen LogP contribution in [0.25, 0.3) is 0 Å². The van der Waals surface area contributed by atoms with Crippen molar-refractivity contribution in [1.29, 1.82) is 0 Å². The zero-order valence-corrected chi connectivity index (χ0v) is 11.3. The van der Waals surface area contributed by atoms with Crippen LogP contribution in [0, 0.1) is 6.92 Å². The molecule has 0 saturated carbocycles. The minimum atomic E-state index is -1.34. The summed E-state index contributed by atoms with van der Waals surface area (Å²) in [4.78, 5) is 35.0. The van der Waals surface area contributed by atoms with Crippen molar-refractivity contribution >= 4 is 23.6 Å². The van der Waals surface area contributed by atoms with Crippen molar-refractivity contribution in [2.75, 3.05) is 11.9 Å². The molecule has 0 aromatic heterocycles. The highest BCUT2D eigenvalue weighted by Crippen LogP contribution is 2.17. The van der Waals surface area contributed by atoms with Crippen molar-refractivity contribution in [3.63, 3.8) is 0 Å². The van der Waals surface area contributed by atoms with Crippen LogP contribution < -0.4 is 16.0 Å². The van der Waals surface area contributed by atoms with Gasteiger partial charge in [-0.15, -0.1) is 0 Å². The van der Waals surface area contributed by atoms with Crippen LogP contribution in [0.3, 0.4) is 0 Å². The second-order valence-corrected chi connectivity index (χ2v) is 4.36. The lowest BCUT2D eigenvalue weighted by atomic mass is 10.2. The third-order valence-corrected chi connectivity index (χ3v) is 2.78. The Hall–Kier alpha value is -2.57. The van der Waals surface area contributed by atoms with E-state index in [9.17, 15) is 14.4 Å². The molecule has 1 atom stereocenters. The van der Waals surface area contributed by atoms with Gasteiger partial charge >= 0.3 is 12.0 Å². The molecule has 7 heteroatoms. The first-order valence-corrected chi connectivity index (χ1v) is 5.94. The van der Waals surface area contributed by atoms with Gasteiger partial charge in [-0.25, -0.2) is 9.59 Å². The van der Waals surface area contributed by atoms with Crippen molar-refractivity contribution < 1.29 is 19.5 Å². The molecule has 108 valence electrons. The molecule has 0 aliphatic carbocycles. The van der Waals surface area contributed by atoms with Crippen molar-refractivity contribution in [2.24, 2.45) is 5.73 Å². The van der Waals surface area contributed by atoms with E-state index in [1.165, 1.54) is 11.9 Å². The quantitative estimate of drug-likeness (QED) is 0.727. The van der Waals surface area contributed by atoms with Gasteiger partial charge in [0.05, 0.1) is 6.42 Å². The molecule has 0 spiro atoms. The van der Waals surface area contributed by atoms with Crippen LogP contribution in [0.15, 0.2) is 24.3 Å². The fraction of sp³-hybridized carbons (Fsp3) is 0.308. The third kappa shape index (κ3) is 3.98. The molecule has 7 nitrogen and oxygen atoms in total. The summed E-state index contributed by atoms with van der Waals surface area (Å²) >= 11 is 0. The van der Waals surface area contributed by atoms with E-state index in [1.807, 2.05) is 19.1 Å². The summed E-state index contributed by atoms with van der Waals surface area (Å²) in [6.07, 6.45) is -0.456. The topological polar surface area (TPSA) is 113 Å². The number of aliphatic carboxylic acids is 1. The van der Waals surface area contributed by atoms with E-state index in [1.54, 1.807) is 12.1 Å². The molecule has 0 aliphatic heterocycles. The number of rotatable bonds is 5. The van der Waals surface area contributed by atoms with Crippen molar-refractivity contribution in [2.45, 2.75) is 19.4 Å². The summed E-state index contributed by atoms with van der Waals surface area (Å²) in [7, 11) is 1.51. The number of nitrogens with two attached hydrogens (primary N) is 1. The number of amides is 3. The van der Waals surface area contributed by atoms with Gasteiger partial charge in [-0.1, -0.05) is 18.2 Å². The number of para-hydroxylation sites is 1. The fourth-order valence-electron chi connectivity index (χ4n) is 1.70. The summed E-state index contributed by atoms with van der Waals surface area (Å²) in [6, 6.07) is 5.21. The Kier molecular flexibility index (Phi) is 5.08. The molecule has 1 rings (SSSR count). The molecule has 0 aliphatic rings. The van der Waals surface area contributed by atoms with Crippen LogP contribution in [0.1, 0.15) is 12.0 Å². The summed E-state index contributed by atoms with van der Waals surface area (Å²) in [5.41, 5.74) is 6.47. The molecule has 1 aromatic rings. The van der Waals surface area contributed by atoms with Crippen LogP contribution in [-0.2, 0) is 9.59 Å². The van der Waals surface area contributed by atoms with E-state index in [0.717, 1.165) is 5.56 Å². The second-order valence-electron chi connectivity index (χ2n) is 4.36. The molecular weight excluding hydrogens is 262 g/mol. The average Bonchev–Trinajstić information content (AvgIpc) is 2.37. The Balaban J connectivity index is 2.81. The Bertz CT molecular complexity index is 530. The molecule has 0 fully saturated rings. The maximum Gasteiger partial charge on any atom is 0.326 e. The number of urea groups is 1. The molecule has 20 heavy (non-hydrogen) atoms. The molecular formula is C13H17N3O4. The van der Waals surface area contributed by atoms with Gasteiger partial charge < -0.3 is 16.2 Å². The Morgan fingerprint density at radius 3 is 2.45 bits per heavy atom. The number of hydrogen-bond acceptors (Lipinski definition) is 3. The second kappa shape index (κ2) is 6.55. The van der Waals surface area contributed by atoms with E-state index < -0.39 is 30.4 Å². The van der Waals surface area contributed by atoms with Crippen LogP contribution in [0.5, 0.6) is 0 Å². The van der Waals surface area contributed by atoms with Crippen molar-refractivity contribution in [3.05, 3.63) is 29.8 Å². The van der Waals surface area contributed by atoms with Gasteiger partial charge in [0.25, 0.3) is 0 Å². The summed E-state index contributed by atoms with van der Waals surface area (Å²) < 4.78 is 0. The number of anilines is 1. The number of carbonyl (C=O) groups is 3. The smallest absolute Gasteiger partial charge is 0.326 e. The van der Waals surface area contributed by atoms with Gasteiger partial charge in [0.1, 0.15) is 6.04 Å². The number of hydrogen-bond donors (Lipinski definition) is 3. The standard InChI is InChI=1S/C13H17N3O4/c1-8-5-3-4-6-10(8)16(2)13(20)15-9(12(18)19)7-11(14)17/h3-6,9H,7H2,1-2H3,(H2,14,17)(H,15,20)(H,18,19). The van der Waals surface area contributed by atoms with Gasteiger partial charge in [-0.3, -0.25) is 9.69 Å². The summed E-state index contributed by atoms with van der Waals surface area (Å²) in [5, 5.41) is 11.2. The van der Waals surface area contributed by atoms with Gasteiger partial charge in [0.15, 0.2) is 0 Å². The number of nitrogens with zero attached hydrogens (tertiary/aromatic N) is 1. The number of aryl methyl sites for hydroxylation is 1. The summed E-state index contributed by atoms with van der Waals surface area (Å²) in [5.74, 6) is -2.11. The van der Waals surface area contributed by atoms with Crippen LogP contribution in [0.4, 0.5) is 10.5 Å². The molecule has 0 radical (unpaired) electrons. The molecule has 1 aromatic carbocycles. The fourth-order valence-corrected chi connectivity index (χ4v) is 1.70. The average molecular weight is 279 g/mol. The number of primary amides is 1. The normalized spacial score (nSPS) is 11.5. The van der Waals surface area contributed by atoms with Crippen LogP contribution in [0.2, 0.25) is 0 Å². The zero-order chi connectivity index (χ0) is 15.3. The first-order valence-electron chi connectivity index (χ1n) is 5.94. The van der Waals surface area contributed by atoms with E-state index in [0.29, 0.717) is 5.69 Å². The molecule has 0 bridgehead atoms. The minimum absolute atomic E-state index is 0.456. The summed E-state index contributed by atoms with van der Waals surface area (Å²) in [6.45, 7) is 1.83. The highest BCUT2D eigenvalue weighted by Gasteiger charge is 2.24. The minimum Gasteiger partial charge on any atom is -0.480 e. The number of carboxylic acids is 1. The first-order chi connectivity index (χ1) is 9.32. The van der Waals surface area contributed by atoms with E-state index >= 15 is 0 Å². The third-order valence-electron chi connectivity index (χ3n) is 2.78. The number of carbonyl (C=O) groups excluding carboxylic acids is 2. The Morgan fingerprint density at radius 2 is 1.95 bits per heavy atom. The monoisotopic (exact) mass is 279 g/mol. The molecule has 3 amide bonds. The number of carboxylic acid groups (broad SMARTS) is 1. The maximum atomic E-state index is 12.0. The van der Waals surface area contributed by atoms with Gasteiger partial charge in [0, 0.05) is 12.7 Å². The molecule has 1 unspecified atom stereocenters. The zero-order valence-electron chi connectivity index (χ0n) is 11.3. The van der Waals surface area contributed by atoms with E-state index in [2.05, 4.69) is 5.32 Å². The first kappa shape index (κ1) is 15.5. The lowest BCUT2D eigenvalue weighted by Crippen LogP contribution is -2.48. The van der Waals surface area contributed by atoms with Crippen LogP contribution in [-0.4, -0.2) is 36.1 Å². The largest absolute Gasteiger partial charge is 0.480 e. The van der Waals surface area contributed by atoms with Gasteiger partial charge in [0.2, 0.25) is 5.91 Å². The lowest BCUT2D eigenvalue weighted by Gasteiger charge is -2.22. The highest BCUT2D eigenvalue weighted by molar-refractivity contribution is 5.95. The number of benzene rings is 1. The van der Waals surface area contributed by atoms with Crippen molar-refractivity contribution in [3.8, 4) is 0 Å². The molecule has 0 saturated heterocycles. The van der Waals surface area contributed by atoms with Crippen LogP contribution >= 0.6 is 0 Å². The maximum absolute atomic E-state index is 12.0.